The number of anilines is 1. The number of nitrogen functional groups attached to an aromatic ring is 1. The Balaban J connectivity index is 2.07. The minimum atomic E-state index is 0.174. The number of nitrogens with zero attached hydrogens (tertiary/aromatic N) is 1. The van der Waals surface area contributed by atoms with Gasteiger partial charge in [0.1, 0.15) is 0 Å². The van der Waals surface area contributed by atoms with Gasteiger partial charge in [-0.05, 0) is 24.1 Å². The van der Waals surface area contributed by atoms with Crippen LogP contribution in [0.3, 0.4) is 0 Å². The first-order valence-corrected chi connectivity index (χ1v) is 5.28. The SMILES string of the molecule is CC(=O)N1CC[C@@H](c2ccc(N)cc2)C1. The zero-order chi connectivity index (χ0) is 10.8. The lowest BCUT2D eigenvalue weighted by Crippen LogP contribution is -2.25. The van der Waals surface area contributed by atoms with Gasteiger partial charge in [0.15, 0.2) is 0 Å². The number of likely N-dealkylation sites (tertiary alicyclic amines) is 1. The van der Waals surface area contributed by atoms with Crippen molar-refractivity contribution in [1.82, 2.24) is 4.90 Å². The average molecular weight is 204 g/mol. The zero-order valence-corrected chi connectivity index (χ0v) is 8.94. The number of rotatable bonds is 1. The molecule has 1 aliphatic heterocycles. The van der Waals surface area contributed by atoms with Gasteiger partial charge in [-0.15, -0.1) is 0 Å². The fourth-order valence-electron chi connectivity index (χ4n) is 2.09. The minimum Gasteiger partial charge on any atom is -0.399 e. The summed E-state index contributed by atoms with van der Waals surface area (Å²) in [6.07, 6.45) is 1.06. The largest absolute Gasteiger partial charge is 0.399 e. The highest BCUT2D eigenvalue weighted by atomic mass is 16.2. The van der Waals surface area contributed by atoms with Crippen LogP contribution in [-0.2, 0) is 4.79 Å². The Morgan fingerprint density at radius 3 is 2.60 bits per heavy atom. The van der Waals surface area contributed by atoms with E-state index in [1.807, 2.05) is 17.0 Å². The summed E-state index contributed by atoms with van der Waals surface area (Å²) in [5.41, 5.74) is 7.71. The highest BCUT2D eigenvalue weighted by molar-refractivity contribution is 5.73. The topological polar surface area (TPSA) is 46.3 Å². The maximum atomic E-state index is 11.2. The van der Waals surface area contributed by atoms with Crippen LogP contribution < -0.4 is 5.73 Å². The van der Waals surface area contributed by atoms with Crippen LogP contribution in [0, 0.1) is 0 Å². The van der Waals surface area contributed by atoms with Crippen LogP contribution in [0.15, 0.2) is 24.3 Å². The molecular weight excluding hydrogens is 188 g/mol. The van der Waals surface area contributed by atoms with Gasteiger partial charge in [-0.2, -0.15) is 0 Å². The van der Waals surface area contributed by atoms with Gasteiger partial charge in [0.25, 0.3) is 0 Å². The van der Waals surface area contributed by atoms with Crippen molar-refractivity contribution in [2.45, 2.75) is 19.3 Å². The summed E-state index contributed by atoms with van der Waals surface area (Å²) in [7, 11) is 0. The average Bonchev–Trinajstić information content (AvgIpc) is 2.68. The van der Waals surface area contributed by atoms with Crippen LogP contribution in [0.5, 0.6) is 0 Å². The van der Waals surface area contributed by atoms with Gasteiger partial charge in [0.05, 0.1) is 0 Å². The van der Waals surface area contributed by atoms with Crippen LogP contribution in [-0.4, -0.2) is 23.9 Å². The van der Waals surface area contributed by atoms with Crippen molar-refractivity contribution in [3.8, 4) is 0 Å². The molecule has 1 heterocycles. The van der Waals surface area contributed by atoms with Crippen LogP contribution in [0.1, 0.15) is 24.8 Å². The molecule has 0 aromatic heterocycles. The molecular formula is C12H16N2O. The van der Waals surface area contributed by atoms with E-state index >= 15 is 0 Å². The van der Waals surface area contributed by atoms with Crippen LogP contribution in [0.25, 0.3) is 0 Å². The second-order valence-corrected chi connectivity index (χ2v) is 4.12. The Morgan fingerprint density at radius 2 is 2.07 bits per heavy atom. The quantitative estimate of drug-likeness (QED) is 0.706. The fourth-order valence-corrected chi connectivity index (χ4v) is 2.09. The highest BCUT2D eigenvalue weighted by Gasteiger charge is 2.24. The van der Waals surface area contributed by atoms with E-state index in [0.29, 0.717) is 5.92 Å². The van der Waals surface area contributed by atoms with Crippen molar-refractivity contribution in [2.75, 3.05) is 18.8 Å². The maximum Gasteiger partial charge on any atom is 0.219 e. The predicted molar refractivity (Wildman–Crippen MR) is 60.5 cm³/mol. The van der Waals surface area contributed by atoms with E-state index in [2.05, 4.69) is 12.1 Å². The third kappa shape index (κ3) is 2.12. The molecule has 0 aliphatic carbocycles. The van der Waals surface area contributed by atoms with Crippen molar-refractivity contribution < 1.29 is 4.79 Å². The van der Waals surface area contributed by atoms with E-state index in [4.69, 9.17) is 5.73 Å². The van der Waals surface area contributed by atoms with Gasteiger partial charge in [-0.3, -0.25) is 4.79 Å². The van der Waals surface area contributed by atoms with E-state index in [1.54, 1.807) is 6.92 Å². The summed E-state index contributed by atoms with van der Waals surface area (Å²) >= 11 is 0. The summed E-state index contributed by atoms with van der Waals surface area (Å²) in [5, 5.41) is 0. The van der Waals surface area contributed by atoms with Gasteiger partial charge in [0.2, 0.25) is 5.91 Å². The van der Waals surface area contributed by atoms with E-state index in [1.165, 1.54) is 5.56 Å². The first-order valence-electron chi connectivity index (χ1n) is 5.28. The Hall–Kier alpha value is -1.51. The summed E-state index contributed by atoms with van der Waals surface area (Å²) in [5.74, 6) is 0.655. The molecule has 1 amide bonds. The van der Waals surface area contributed by atoms with Gasteiger partial charge in [-0.25, -0.2) is 0 Å². The van der Waals surface area contributed by atoms with E-state index in [9.17, 15) is 4.79 Å². The summed E-state index contributed by atoms with van der Waals surface area (Å²) < 4.78 is 0. The molecule has 1 aromatic carbocycles. The lowest BCUT2D eigenvalue weighted by molar-refractivity contribution is -0.127. The first-order chi connectivity index (χ1) is 7.16. The van der Waals surface area contributed by atoms with Crippen molar-refractivity contribution in [3.05, 3.63) is 29.8 Å². The summed E-state index contributed by atoms with van der Waals surface area (Å²) in [4.78, 5) is 13.1. The molecule has 3 nitrogen and oxygen atoms in total. The Kier molecular flexibility index (Phi) is 2.62. The minimum absolute atomic E-state index is 0.174. The third-order valence-electron chi connectivity index (χ3n) is 3.04. The number of carbonyl (C=O) groups is 1. The molecule has 80 valence electrons. The lowest BCUT2D eigenvalue weighted by atomic mass is 9.98. The Labute approximate surface area is 89.9 Å². The van der Waals surface area contributed by atoms with Crippen molar-refractivity contribution in [1.29, 1.82) is 0 Å². The van der Waals surface area contributed by atoms with Crippen LogP contribution >= 0.6 is 0 Å². The van der Waals surface area contributed by atoms with Crippen molar-refractivity contribution in [2.24, 2.45) is 0 Å². The van der Waals surface area contributed by atoms with Crippen molar-refractivity contribution in [3.63, 3.8) is 0 Å². The third-order valence-corrected chi connectivity index (χ3v) is 3.04. The molecule has 0 saturated carbocycles. The second-order valence-electron chi connectivity index (χ2n) is 4.12. The van der Waals surface area contributed by atoms with Gasteiger partial charge in [0, 0.05) is 31.6 Å². The van der Waals surface area contributed by atoms with Gasteiger partial charge < -0.3 is 10.6 Å². The lowest BCUT2D eigenvalue weighted by Gasteiger charge is -2.14. The fraction of sp³-hybridized carbons (Fsp3) is 0.417. The first kappa shape index (κ1) is 10.0. The second kappa shape index (κ2) is 3.93. The number of amides is 1. The molecule has 0 unspecified atom stereocenters. The summed E-state index contributed by atoms with van der Waals surface area (Å²) in [6.45, 7) is 3.36. The summed E-state index contributed by atoms with van der Waals surface area (Å²) in [6, 6.07) is 7.96. The molecule has 1 fully saturated rings. The Morgan fingerprint density at radius 1 is 1.40 bits per heavy atom. The molecule has 2 N–H and O–H groups in total. The predicted octanol–water partition coefficient (Wildman–Crippen LogP) is 1.60. The highest BCUT2D eigenvalue weighted by Crippen LogP contribution is 2.27. The molecule has 1 atom stereocenters. The monoisotopic (exact) mass is 204 g/mol. The molecule has 1 aromatic rings. The van der Waals surface area contributed by atoms with Gasteiger partial charge in [-0.1, -0.05) is 12.1 Å². The molecule has 3 heteroatoms. The van der Waals surface area contributed by atoms with E-state index in [-0.39, 0.29) is 5.91 Å². The zero-order valence-electron chi connectivity index (χ0n) is 8.94. The van der Waals surface area contributed by atoms with E-state index < -0.39 is 0 Å². The molecule has 0 bridgehead atoms. The maximum absolute atomic E-state index is 11.2. The Bertz CT molecular complexity index is 358. The molecule has 0 spiro atoms. The smallest absolute Gasteiger partial charge is 0.219 e. The molecule has 1 saturated heterocycles. The van der Waals surface area contributed by atoms with Crippen LogP contribution in [0.2, 0.25) is 0 Å². The molecule has 1 aliphatic rings. The molecule has 2 rings (SSSR count). The number of carbonyl (C=O) groups excluding carboxylic acids is 1. The van der Waals surface area contributed by atoms with Gasteiger partial charge >= 0.3 is 0 Å². The van der Waals surface area contributed by atoms with Crippen molar-refractivity contribution >= 4 is 11.6 Å². The molecule has 0 radical (unpaired) electrons. The normalized spacial score (nSPS) is 20.6. The van der Waals surface area contributed by atoms with E-state index in [0.717, 1.165) is 25.2 Å². The standard InChI is InChI=1S/C12H16N2O/c1-9(15)14-7-6-11(8-14)10-2-4-12(13)5-3-10/h2-5,11H,6-8,13H2,1H3/t11-/m1/s1. The number of benzene rings is 1. The number of hydrogen-bond donors (Lipinski definition) is 1. The number of hydrogen-bond acceptors (Lipinski definition) is 2. The van der Waals surface area contributed by atoms with Crippen LogP contribution in [0.4, 0.5) is 5.69 Å². The number of nitrogens with two attached hydrogens (primary N) is 1. The molecule has 15 heavy (non-hydrogen) atoms.